The number of piperazine rings is 1. The van der Waals surface area contributed by atoms with Crippen molar-refractivity contribution < 1.29 is 4.39 Å². The van der Waals surface area contributed by atoms with E-state index in [-0.39, 0.29) is 0 Å². The van der Waals surface area contributed by atoms with E-state index >= 15 is 0 Å². The fourth-order valence-electron chi connectivity index (χ4n) is 5.49. The van der Waals surface area contributed by atoms with Crippen molar-refractivity contribution in [3.8, 4) is 10.6 Å². The number of thiazole rings is 1. The first-order valence-electron chi connectivity index (χ1n) is 12.3. The van der Waals surface area contributed by atoms with Crippen LogP contribution < -0.4 is 15.1 Å². The van der Waals surface area contributed by atoms with E-state index in [2.05, 4.69) is 44.2 Å². The molecule has 1 aromatic carbocycles. The van der Waals surface area contributed by atoms with Crippen LogP contribution in [0.4, 0.5) is 27.7 Å². The first-order valence-corrected chi connectivity index (χ1v) is 13.2. The van der Waals surface area contributed by atoms with Gasteiger partial charge in [-0.3, -0.25) is 4.90 Å². The molecule has 184 valence electrons. The predicted molar refractivity (Wildman–Crippen MR) is 142 cm³/mol. The topological polar surface area (TPSA) is 73.3 Å². The number of aromatic nitrogens is 4. The summed E-state index contributed by atoms with van der Waals surface area (Å²) >= 11 is 1.61. The normalized spacial score (nSPS) is 22.0. The van der Waals surface area contributed by atoms with Crippen LogP contribution in [0.15, 0.2) is 42.6 Å². The molecule has 1 unspecified atom stereocenters. The second kappa shape index (κ2) is 8.35. The molecule has 0 saturated carbocycles. The van der Waals surface area contributed by atoms with E-state index in [0.717, 1.165) is 57.0 Å². The maximum atomic E-state index is 13.3. The fraction of sp³-hybridized carbons (Fsp3) is 0.385. The second-order valence-electron chi connectivity index (χ2n) is 10.1. The van der Waals surface area contributed by atoms with E-state index in [1.165, 1.54) is 6.42 Å². The quantitative estimate of drug-likeness (QED) is 0.434. The number of pyridine rings is 1. The SMILES string of the molecule is Cc1cc(Nc2cc3nc(-c4cccc(N5CC(F)C5)c4)sc3cn2)nc(N2CC3C[C@H]2CN3C)n1. The predicted octanol–water partition coefficient (Wildman–Crippen LogP) is 4.25. The Hall–Kier alpha value is -3.37. The number of aryl methyl sites for hydroxylation is 1. The summed E-state index contributed by atoms with van der Waals surface area (Å²) < 4.78 is 14.3. The number of fused-ring (bicyclic) bond motifs is 3. The van der Waals surface area contributed by atoms with Crippen molar-refractivity contribution >= 4 is 44.8 Å². The zero-order valence-electron chi connectivity index (χ0n) is 20.2. The molecular formula is C26H27FN8S. The van der Waals surface area contributed by atoms with Crippen molar-refractivity contribution in [2.45, 2.75) is 31.6 Å². The molecule has 0 radical (unpaired) electrons. The number of benzene rings is 1. The smallest absolute Gasteiger partial charge is 0.227 e. The summed E-state index contributed by atoms with van der Waals surface area (Å²) in [6, 6.07) is 13.2. The van der Waals surface area contributed by atoms with Crippen LogP contribution in [0.1, 0.15) is 12.1 Å². The molecular weight excluding hydrogens is 475 g/mol. The Balaban J connectivity index is 1.13. The summed E-state index contributed by atoms with van der Waals surface area (Å²) in [6.45, 7) is 4.96. The van der Waals surface area contributed by atoms with Gasteiger partial charge in [0.05, 0.1) is 23.3 Å². The number of hydrogen-bond donors (Lipinski definition) is 1. The van der Waals surface area contributed by atoms with Crippen molar-refractivity contribution in [2.75, 3.05) is 48.3 Å². The van der Waals surface area contributed by atoms with Crippen LogP contribution in [-0.4, -0.2) is 76.3 Å². The number of nitrogens with one attached hydrogen (secondary N) is 1. The molecule has 6 heterocycles. The molecule has 3 aliphatic rings. The zero-order chi connectivity index (χ0) is 24.4. The number of alkyl halides is 1. The Labute approximate surface area is 212 Å². The van der Waals surface area contributed by atoms with Gasteiger partial charge in [-0.1, -0.05) is 12.1 Å². The average molecular weight is 503 g/mol. The molecule has 10 heteroatoms. The minimum absolute atomic E-state index is 0.461. The van der Waals surface area contributed by atoms with E-state index in [1.807, 2.05) is 37.4 Å². The van der Waals surface area contributed by atoms with Gasteiger partial charge in [-0.05, 0) is 32.5 Å². The standard InChI is InChI=1S/C26H27FN8S/c1-15-6-24(32-26(29-15)35-14-19-8-20(35)13-33(19)2)31-23-9-21-22(10-28-23)36-25(30-21)16-4-3-5-18(7-16)34-11-17(27)12-34/h3-7,9-10,17,19-20H,8,11-14H2,1-2H3,(H,28,29,31,32)/t19?,20-/m0/s1. The number of nitrogens with zero attached hydrogens (tertiary/aromatic N) is 7. The van der Waals surface area contributed by atoms with E-state index in [9.17, 15) is 4.39 Å². The third kappa shape index (κ3) is 3.84. The number of anilines is 4. The summed E-state index contributed by atoms with van der Waals surface area (Å²) in [5.74, 6) is 2.23. The molecule has 0 spiro atoms. The Morgan fingerprint density at radius 2 is 1.89 bits per heavy atom. The van der Waals surface area contributed by atoms with Crippen molar-refractivity contribution in [1.29, 1.82) is 0 Å². The summed E-state index contributed by atoms with van der Waals surface area (Å²) in [5.41, 5.74) is 3.88. The molecule has 3 aromatic heterocycles. The maximum Gasteiger partial charge on any atom is 0.227 e. The van der Waals surface area contributed by atoms with Crippen LogP contribution in [0, 0.1) is 6.92 Å². The van der Waals surface area contributed by atoms with Gasteiger partial charge in [-0.2, -0.15) is 4.98 Å². The number of rotatable bonds is 5. The van der Waals surface area contributed by atoms with Crippen molar-refractivity contribution in [1.82, 2.24) is 24.8 Å². The average Bonchev–Trinajstić information content (AvgIpc) is 3.55. The molecule has 2 bridgehead atoms. The molecule has 3 saturated heterocycles. The third-order valence-electron chi connectivity index (χ3n) is 7.44. The van der Waals surface area contributed by atoms with Gasteiger partial charge in [0.1, 0.15) is 22.8 Å². The molecule has 7 rings (SSSR count). The van der Waals surface area contributed by atoms with Crippen molar-refractivity contribution in [2.24, 2.45) is 0 Å². The summed E-state index contributed by atoms with van der Waals surface area (Å²) in [6.07, 6.45) is 2.31. The van der Waals surface area contributed by atoms with Crippen LogP contribution in [0.2, 0.25) is 0 Å². The van der Waals surface area contributed by atoms with Gasteiger partial charge in [0.25, 0.3) is 0 Å². The molecule has 1 N–H and O–H groups in total. The Kier molecular flexibility index (Phi) is 5.07. The minimum Gasteiger partial charge on any atom is -0.366 e. The Morgan fingerprint density at radius 3 is 2.67 bits per heavy atom. The molecule has 4 aromatic rings. The van der Waals surface area contributed by atoms with Gasteiger partial charge in [0.15, 0.2) is 0 Å². The Bertz CT molecular complexity index is 1450. The van der Waals surface area contributed by atoms with E-state index in [1.54, 1.807) is 11.3 Å². The Morgan fingerprint density at radius 1 is 1.00 bits per heavy atom. The van der Waals surface area contributed by atoms with Gasteiger partial charge in [0.2, 0.25) is 5.95 Å². The highest BCUT2D eigenvalue weighted by Gasteiger charge is 2.42. The van der Waals surface area contributed by atoms with E-state index < -0.39 is 6.17 Å². The second-order valence-corrected chi connectivity index (χ2v) is 11.1. The van der Waals surface area contributed by atoms with Gasteiger partial charge in [-0.15, -0.1) is 11.3 Å². The van der Waals surface area contributed by atoms with Crippen LogP contribution in [0.5, 0.6) is 0 Å². The van der Waals surface area contributed by atoms with Crippen molar-refractivity contribution in [3.63, 3.8) is 0 Å². The van der Waals surface area contributed by atoms with Crippen LogP contribution in [-0.2, 0) is 0 Å². The molecule has 3 fully saturated rings. The summed E-state index contributed by atoms with van der Waals surface area (Å²) in [4.78, 5) is 25.9. The molecule has 36 heavy (non-hydrogen) atoms. The minimum atomic E-state index is -0.727. The lowest BCUT2D eigenvalue weighted by Gasteiger charge is -2.36. The number of halogens is 1. The van der Waals surface area contributed by atoms with Crippen LogP contribution in [0.25, 0.3) is 20.8 Å². The van der Waals surface area contributed by atoms with E-state index in [4.69, 9.17) is 15.0 Å². The van der Waals surface area contributed by atoms with Gasteiger partial charge in [-0.25, -0.2) is 19.3 Å². The first-order chi connectivity index (χ1) is 17.5. The highest BCUT2D eigenvalue weighted by molar-refractivity contribution is 7.21. The summed E-state index contributed by atoms with van der Waals surface area (Å²) in [5, 5.41) is 4.30. The summed E-state index contributed by atoms with van der Waals surface area (Å²) in [7, 11) is 2.20. The lowest BCUT2D eigenvalue weighted by molar-refractivity contribution is 0.275. The first kappa shape index (κ1) is 21.9. The van der Waals surface area contributed by atoms with Gasteiger partial charge < -0.3 is 15.1 Å². The highest BCUT2D eigenvalue weighted by Crippen LogP contribution is 2.35. The lowest BCUT2D eigenvalue weighted by atomic mass is 10.1. The molecule has 3 aliphatic heterocycles. The van der Waals surface area contributed by atoms with Crippen LogP contribution >= 0.6 is 11.3 Å². The van der Waals surface area contributed by atoms with Gasteiger partial charge >= 0.3 is 0 Å². The number of likely N-dealkylation sites (N-methyl/N-ethyl adjacent to an activating group) is 1. The number of likely N-dealkylation sites (tertiary alicyclic amines) is 1. The number of hydrogen-bond acceptors (Lipinski definition) is 9. The van der Waals surface area contributed by atoms with Crippen molar-refractivity contribution in [3.05, 3.63) is 48.3 Å². The molecule has 0 aliphatic carbocycles. The third-order valence-corrected chi connectivity index (χ3v) is 8.50. The van der Waals surface area contributed by atoms with Crippen LogP contribution in [0.3, 0.4) is 0 Å². The lowest BCUT2D eigenvalue weighted by Crippen LogP contribution is -2.48. The van der Waals surface area contributed by atoms with Gasteiger partial charge in [0, 0.05) is 60.4 Å². The maximum absolute atomic E-state index is 13.3. The molecule has 2 atom stereocenters. The zero-order valence-corrected chi connectivity index (χ0v) is 21.0. The molecule has 0 amide bonds. The molecule has 8 nitrogen and oxygen atoms in total. The van der Waals surface area contributed by atoms with E-state index in [0.29, 0.717) is 31.0 Å². The monoisotopic (exact) mass is 502 g/mol. The highest BCUT2D eigenvalue weighted by atomic mass is 32.1. The fourth-order valence-corrected chi connectivity index (χ4v) is 6.40. The largest absolute Gasteiger partial charge is 0.366 e.